The minimum Gasteiger partial charge on any atom is -0.494 e. The van der Waals surface area contributed by atoms with Crippen molar-refractivity contribution in [2.45, 2.75) is 84.5 Å². The average molecular weight is 369 g/mol. The van der Waals surface area contributed by atoms with E-state index < -0.39 is 0 Å². The summed E-state index contributed by atoms with van der Waals surface area (Å²) in [6.07, 6.45) is 13.2. The van der Waals surface area contributed by atoms with E-state index in [0.717, 1.165) is 35.9 Å². The van der Waals surface area contributed by atoms with Crippen molar-refractivity contribution in [3.05, 3.63) is 42.2 Å². The summed E-state index contributed by atoms with van der Waals surface area (Å²) in [4.78, 5) is 9.27. The van der Waals surface area contributed by atoms with Crippen LogP contribution in [0.4, 0.5) is 0 Å². The van der Waals surface area contributed by atoms with Crippen molar-refractivity contribution in [2.75, 3.05) is 6.61 Å². The van der Waals surface area contributed by atoms with Crippen molar-refractivity contribution >= 4 is 0 Å². The SMILES string of the molecule is CCCCCCCOc1ccc(-c2nccc(C(C)CCCCC)n2)cc1. The molecule has 0 N–H and O–H groups in total. The van der Waals surface area contributed by atoms with E-state index in [2.05, 4.69) is 44.0 Å². The maximum absolute atomic E-state index is 5.85. The summed E-state index contributed by atoms with van der Waals surface area (Å²) in [5, 5.41) is 0. The predicted octanol–water partition coefficient (Wildman–Crippen LogP) is 7.18. The molecule has 1 atom stereocenters. The molecular formula is C24H36N2O. The molecule has 148 valence electrons. The first-order valence-corrected chi connectivity index (χ1v) is 10.8. The van der Waals surface area contributed by atoms with Gasteiger partial charge in [0, 0.05) is 17.5 Å². The van der Waals surface area contributed by atoms with Gasteiger partial charge in [-0.2, -0.15) is 0 Å². The molecule has 0 spiro atoms. The molecule has 3 heteroatoms. The lowest BCUT2D eigenvalue weighted by Gasteiger charge is -2.12. The molecule has 0 aliphatic carbocycles. The first-order chi connectivity index (χ1) is 13.2. The van der Waals surface area contributed by atoms with Gasteiger partial charge >= 0.3 is 0 Å². The number of hydrogen-bond donors (Lipinski definition) is 0. The molecule has 0 amide bonds. The lowest BCUT2D eigenvalue weighted by molar-refractivity contribution is 0.304. The largest absolute Gasteiger partial charge is 0.494 e. The third-order valence-corrected chi connectivity index (χ3v) is 5.05. The van der Waals surface area contributed by atoms with E-state index in [9.17, 15) is 0 Å². The van der Waals surface area contributed by atoms with Crippen molar-refractivity contribution in [1.82, 2.24) is 9.97 Å². The monoisotopic (exact) mass is 368 g/mol. The minimum atomic E-state index is 0.480. The van der Waals surface area contributed by atoms with Gasteiger partial charge in [-0.3, -0.25) is 0 Å². The summed E-state index contributed by atoms with van der Waals surface area (Å²) in [5.74, 6) is 2.22. The Morgan fingerprint density at radius 3 is 2.30 bits per heavy atom. The van der Waals surface area contributed by atoms with Crippen LogP contribution in [0.5, 0.6) is 5.75 Å². The fourth-order valence-electron chi connectivity index (χ4n) is 3.23. The summed E-state index contributed by atoms with van der Waals surface area (Å²) in [5.41, 5.74) is 2.19. The van der Waals surface area contributed by atoms with Crippen LogP contribution < -0.4 is 4.74 Å². The number of nitrogens with zero attached hydrogens (tertiary/aromatic N) is 2. The number of benzene rings is 1. The molecule has 0 aliphatic heterocycles. The van der Waals surface area contributed by atoms with Gasteiger partial charge in [-0.25, -0.2) is 9.97 Å². The van der Waals surface area contributed by atoms with Crippen molar-refractivity contribution in [3.8, 4) is 17.1 Å². The van der Waals surface area contributed by atoms with Gasteiger partial charge in [-0.1, -0.05) is 65.7 Å². The van der Waals surface area contributed by atoms with Crippen LogP contribution >= 0.6 is 0 Å². The number of ether oxygens (including phenoxy) is 1. The first kappa shape index (κ1) is 21.4. The quantitative estimate of drug-likeness (QED) is 0.351. The maximum Gasteiger partial charge on any atom is 0.159 e. The van der Waals surface area contributed by atoms with E-state index in [0.29, 0.717) is 5.92 Å². The molecule has 0 aliphatic rings. The van der Waals surface area contributed by atoms with Gasteiger partial charge in [-0.15, -0.1) is 0 Å². The Morgan fingerprint density at radius 2 is 1.56 bits per heavy atom. The zero-order chi connectivity index (χ0) is 19.3. The van der Waals surface area contributed by atoms with Crippen molar-refractivity contribution in [1.29, 1.82) is 0 Å². The fraction of sp³-hybridized carbons (Fsp3) is 0.583. The van der Waals surface area contributed by atoms with Crippen LogP contribution in [0.3, 0.4) is 0 Å². The van der Waals surface area contributed by atoms with E-state index >= 15 is 0 Å². The molecule has 1 heterocycles. The maximum atomic E-state index is 5.85. The fourth-order valence-corrected chi connectivity index (χ4v) is 3.23. The molecule has 0 saturated heterocycles. The predicted molar refractivity (Wildman–Crippen MR) is 114 cm³/mol. The first-order valence-electron chi connectivity index (χ1n) is 10.8. The number of hydrogen-bond acceptors (Lipinski definition) is 3. The molecule has 0 fully saturated rings. The van der Waals surface area contributed by atoms with Crippen LogP contribution in [0.1, 0.15) is 90.2 Å². The van der Waals surface area contributed by atoms with E-state index in [4.69, 9.17) is 9.72 Å². The standard InChI is InChI=1S/C24H36N2O/c1-4-6-8-9-11-19-27-22-15-13-21(14-16-22)24-25-18-17-23(26-24)20(3)12-10-7-5-2/h13-18,20H,4-12,19H2,1-3H3. The van der Waals surface area contributed by atoms with Crippen molar-refractivity contribution in [3.63, 3.8) is 0 Å². The Hall–Kier alpha value is -1.90. The molecule has 27 heavy (non-hydrogen) atoms. The average Bonchev–Trinajstić information content (AvgIpc) is 2.71. The zero-order valence-electron chi connectivity index (χ0n) is 17.4. The van der Waals surface area contributed by atoms with Crippen LogP contribution in [0.15, 0.2) is 36.5 Å². The molecule has 2 rings (SSSR count). The molecule has 2 aromatic rings. The molecule has 1 aromatic heterocycles. The third kappa shape index (κ3) is 7.70. The highest BCUT2D eigenvalue weighted by atomic mass is 16.5. The number of aromatic nitrogens is 2. The molecule has 0 bridgehead atoms. The van der Waals surface area contributed by atoms with E-state index in [1.54, 1.807) is 0 Å². The lowest BCUT2D eigenvalue weighted by Crippen LogP contribution is -2.00. The van der Waals surface area contributed by atoms with E-state index in [1.165, 1.54) is 51.4 Å². The van der Waals surface area contributed by atoms with Gasteiger partial charge in [0.1, 0.15) is 5.75 Å². The second-order valence-electron chi connectivity index (χ2n) is 7.49. The summed E-state index contributed by atoms with van der Waals surface area (Å²) in [7, 11) is 0. The zero-order valence-corrected chi connectivity index (χ0v) is 17.4. The molecular weight excluding hydrogens is 332 g/mol. The Morgan fingerprint density at radius 1 is 0.852 bits per heavy atom. The third-order valence-electron chi connectivity index (χ3n) is 5.05. The minimum absolute atomic E-state index is 0.480. The van der Waals surface area contributed by atoms with Gasteiger partial charge in [0.15, 0.2) is 5.82 Å². The van der Waals surface area contributed by atoms with Gasteiger partial charge in [0.05, 0.1) is 6.61 Å². The molecule has 0 saturated carbocycles. The lowest BCUT2D eigenvalue weighted by atomic mass is 9.99. The van der Waals surface area contributed by atoms with Crippen LogP contribution in [0.2, 0.25) is 0 Å². The van der Waals surface area contributed by atoms with E-state index in [-0.39, 0.29) is 0 Å². The number of unbranched alkanes of at least 4 members (excludes halogenated alkanes) is 6. The van der Waals surface area contributed by atoms with Crippen LogP contribution in [0, 0.1) is 0 Å². The Labute approximate surface area is 165 Å². The molecule has 3 nitrogen and oxygen atoms in total. The highest BCUT2D eigenvalue weighted by Gasteiger charge is 2.09. The van der Waals surface area contributed by atoms with Crippen molar-refractivity contribution in [2.24, 2.45) is 0 Å². The van der Waals surface area contributed by atoms with Crippen molar-refractivity contribution < 1.29 is 4.74 Å². The summed E-state index contributed by atoms with van der Waals surface area (Å²) in [6, 6.07) is 10.2. The second kappa shape index (κ2) is 12.5. The normalized spacial score (nSPS) is 12.1. The smallest absolute Gasteiger partial charge is 0.159 e. The molecule has 0 radical (unpaired) electrons. The summed E-state index contributed by atoms with van der Waals surface area (Å²) >= 11 is 0. The van der Waals surface area contributed by atoms with Gasteiger partial charge < -0.3 is 4.74 Å². The summed E-state index contributed by atoms with van der Waals surface area (Å²) < 4.78 is 5.85. The summed E-state index contributed by atoms with van der Waals surface area (Å²) in [6.45, 7) is 7.54. The molecule has 1 unspecified atom stereocenters. The topological polar surface area (TPSA) is 35.0 Å². The highest BCUT2D eigenvalue weighted by molar-refractivity contribution is 5.56. The van der Waals surface area contributed by atoms with Gasteiger partial charge in [-0.05, 0) is 49.1 Å². The number of rotatable bonds is 13. The highest BCUT2D eigenvalue weighted by Crippen LogP contribution is 2.24. The van der Waals surface area contributed by atoms with Gasteiger partial charge in [0.25, 0.3) is 0 Å². The Kier molecular flexibility index (Phi) is 9.89. The van der Waals surface area contributed by atoms with Crippen LogP contribution in [0.25, 0.3) is 11.4 Å². The molecule has 1 aromatic carbocycles. The Balaban J connectivity index is 1.88. The van der Waals surface area contributed by atoms with E-state index in [1.807, 2.05) is 18.3 Å². The van der Waals surface area contributed by atoms with Gasteiger partial charge in [0.2, 0.25) is 0 Å². The van der Waals surface area contributed by atoms with Crippen LogP contribution in [-0.2, 0) is 0 Å². The Bertz CT molecular complexity index is 639. The second-order valence-corrected chi connectivity index (χ2v) is 7.49. The van der Waals surface area contributed by atoms with Crippen LogP contribution in [-0.4, -0.2) is 16.6 Å².